The van der Waals surface area contributed by atoms with Gasteiger partial charge in [0.05, 0.1) is 5.75 Å². The third-order valence-corrected chi connectivity index (χ3v) is 5.44. The summed E-state index contributed by atoms with van der Waals surface area (Å²) in [6, 6.07) is 6.51. The fraction of sp³-hybridized carbons (Fsp3) is 0.450. The van der Waals surface area contributed by atoms with Gasteiger partial charge in [0.15, 0.2) is 0 Å². The molecule has 0 atom stereocenters. The molecule has 1 aliphatic rings. The van der Waals surface area contributed by atoms with Gasteiger partial charge in [0.25, 0.3) is 0 Å². The molecule has 1 heterocycles. The second-order valence-electron chi connectivity index (χ2n) is 6.79. The van der Waals surface area contributed by atoms with Gasteiger partial charge >= 0.3 is 0 Å². The van der Waals surface area contributed by atoms with Crippen LogP contribution in [-0.4, -0.2) is 32.9 Å². The molecule has 1 fully saturated rings. The molecule has 0 bridgehead atoms. The van der Waals surface area contributed by atoms with Crippen LogP contribution in [0.1, 0.15) is 56.3 Å². The van der Waals surface area contributed by atoms with Gasteiger partial charge in [-0.1, -0.05) is 62.1 Å². The zero-order valence-electron chi connectivity index (χ0n) is 15.3. The predicted molar refractivity (Wildman–Crippen MR) is 107 cm³/mol. The Kier molecular flexibility index (Phi) is 7.45. The van der Waals surface area contributed by atoms with Crippen molar-refractivity contribution in [3.8, 4) is 0 Å². The Morgan fingerprint density at radius 2 is 1.85 bits per heavy atom. The second kappa shape index (κ2) is 10.3. The number of H-pyrrole nitrogens is 1. The predicted octanol–water partition coefficient (Wildman–Crippen LogP) is 4.44. The van der Waals surface area contributed by atoms with Crippen molar-refractivity contribution in [3.05, 3.63) is 41.5 Å². The fourth-order valence-electron chi connectivity index (χ4n) is 3.15. The normalized spacial score (nSPS) is 16.2. The van der Waals surface area contributed by atoms with Crippen LogP contribution in [0.15, 0.2) is 29.4 Å². The zero-order chi connectivity index (χ0) is 18.9. The van der Waals surface area contributed by atoms with E-state index in [1.807, 2.05) is 6.08 Å². The Morgan fingerprint density at radius 1 is 1.15 bits per heavy atom. The van der Waals surface area contributed by atoms with E-state index in [0.717, 1.165) is 18.4 Å². The Labute approximate surface area is 163 Å². The molecule has 1 saturated carbocycles. The van der Waals surface area contributed by atoms with Crippen LogP contribution in [0.25, 0.3) is 12.2 Å². The second-order valence-corrected chi connectivity index (χ2v) is 7.73. The summed E-state index contributed by atoms with van der Waals surface area (Å²) in [6.07, 6.45) is 12.0. The van der Waals surface area contributed by atoms with E-state index in [9.17, 15) is 9.18 Å². The molecule has 2 aromatic rings. The summed E-state index contributed by atoms with van der Waals surface area (Å²) < 4.78 is 12.9. The molecule has 1 amide bonds. The van der Waals surface area contributed by atoms with Crippen LogP contribution in [-0.2, 0) is 4.79 Å². The summed E-state index contributed by atoms with van der Waals surface area (Å²) in [5.41, 5.74) is 0.876. The van der Waals surface area contributed by atoms with E-state index in [4.69, 9.17) is 0 Å². The molecule has 5 nitrogen and oxygen atoms in total. The lowest BCUT2D eigenvalue weighted by Crippen LogP contribution is -2.36. The molecule has 27 heavy (non-hydrogen) atoms. The highest BCUT2D eigenvalue weighted by atomic mass is 32.2. The van der Waals surface area contributed by atoms with Crippen molar-refractivity contribution in [2.24, 2.45) is 0 Å². The molecule has 2 N–H and O–H groups in total. The van der Waals surface area contributed by atoms with Crippen molar-refractivity contribution >= 4 is 29.8 Å². The van der Waals surface area contributed by atoms with Crippen molar-refractivity contribution in [1.29, 1.82) is 0 Å². The highest BCUT2D eigenvalue weighted by molar-refractivity contribution is 7.99. The molecule has 7 heteroatoms. The Bertz CT molecular complexity index is 752. The number of halogens is 1. The summed E-state index contributed by atoms with van der Waals surface area (Å²) in [6.45, 7) is 0. The van der Waals surface area contributed by atoms with Crippen LogP contribution >= 0.6 is 11.8 Å². The number of benzene rings is 1. The van der Waals surface area contributed by atoms with Gasteiger partial charge in [-0.15, -0.1) is 5.10 Å². The van der Waals surface area contributed by atoms with E-state index in [2.05, 4.69) is 20.5 Å². The molecule has 1 aromatic carbocycles. The van der Waals surface area contributed by atoms with Gasteiger partial charge in [-0.3, -0.25) is 9.89 Å². The number of hydrogen-bond acceptors (Lipinski definition) is 4. The topological polar surface area (TPSA) is 70.7 Å². The number of amides is 1. The lowest BCUT2D eigenvalue weighted by molar-refractivity contribution is -0.119. The first kappa shape index (κ1) is 19.6. The van der Waals surface area contributed by atoms with Gasteiger partial charge in [0.2, 0.25) is 11.1 Å². The molecule has 3 rings (SSSR count). The van der Waals surface area contributed by atoms with Gasteiger partial charge in [-0.2, -0.15) is 0 Å². The minimum atomic E-state index is -0.261. The number of aromatic amines is 1. The van der Waals surface area contributed by atoms with E-state index in [1.54, 1.807) is 18.2 Å². The van der Waals surface area contributed by atoms with Crippen LogP contribution in [0.2, 0.25) is 0 Å². The molecule has 0 aliphatic heterocycles. The minimum Gasteiger partial charge on any atom is -0.353 e. The summed E-state index contributed by atoms with van der Waals surface area (Å²) in [7, 11) is 0. The Hall–Kier alpha value is -2.15. The van der Waals surface area contributed by atoms with Crippen LogP contribution in [0.4, 0.5) is 4.39 Å². The van der Waals surface area contributed by atoms with Crippen LogP contribution in [0.3, 0.4) is 0 Å². The van der Waals surface area contributed by atoms with E-state index >= 15 is 0 Å². The molecule has 1 aromatic heterocycles. The third kappa shape index (κ3) is 6.82. The van der Waals surface area contributed by atoms with Crippen molar-refractivity contribution in [3.63, 3.8) is 0 Å². The molecule has 0 saturated heterocycles. The number of hydrogen-bond donors (Lipinski definition) is 2. The van der Waals surface area contributed by atoms with E-state index in [-0.39, 0.29) is 11.7 Å². The molecule has 0 radical (unpaired) electrons. The Balaban J connectivity index is 1.44. The lowest BCUT2D eigenvalue weighted by atomic mass is 9.97. The van der Waals surface area contributed by atoms with Gasteiger partial charge in [-0.25, -0.2) is 9.37 Å². The quantitative estimate of drug-likeness (QED) is 0.718. The Morgan fingerprint density at radius 3 is 2.59 bits per heavy atom. The van der Waals surface area contributed by atoms with Crippen LogP contribution in [0.5, 0.6) is 0 Å². The SMILES string of the molecule is O=C(CSc1n[nH]c(/C=C/c2ccc(F)cc2)n1)NC1CCCCCCC1. The molecule has 144 valence electrons. The van der Waals surface area contributed by atoms with Crippen LogP contribution in [0, 0.1) is 5.82 Å². The highest BCUT2D eigenvalue weighted by Gasteiger charge is 2.14. The summed E-state index contributed by atoms with van der Waals surface area (Å²) in [5.74, 6) is 0.694. The average molecular weight is 389 g/mol. The molecule has 0 unspecified atom stereocenters. The molecule has 0 spiro atoms. The van der Waals surface area contributed by atoms with Crippen molar-refractivity contribution in [2.75, 3.05) is 5.75 Å². The number of aromatic nitrogens is 3. The first-order valence-electron chi connectivity index (χ1n) is 9.47. The highest BCUT2D eigenvalue weighted by Crippen LogP contribution is 2.18. The van der Waals surface area contributed by atoms with Crippen LogP contribution < -0.4 is 5.32 Å². The maximum absolute atomic E-state index is 12.9. The van der Waals surface area contributed by atoms with Gasteiger partial charge in [0.1, 0.15) is 11.6 Å². The third-order valence-electron chi connectivity index (χ3n) is 4.59. The van der Waals surface area contributed by atoms with Gasteiger partial charge in [0, 0.05) is 6.04 Å². The number of nitrogens with zero attached hydrogens (tertiary/aromatic N) is 2. The van der Waals surface area contributed by atoms with E-state index in [0.29, 0.717) is 22.8 Å². The summed E-state index contributed by atoms with van der Waals surface area (Å²) in [4.78, 5) is 16.5. The van der Waals surface area contributed by atoms with Crippen molar-refractivity contribution in [2.45, 2.75) is 56.1 Å². The smallest absolute Gasteiger partial charge is 0.230 e. The molecule has 1 aliphatic carbocycles. The van der Waals surface area contributed by atoms with Crippen molar-refractivity contribution in [1.82, 2.24) is 20.5 Å². The largest absolute Gasteiger partial charge is 0.353 e. The summed E-state index contributed by atoms with van der Waals surface area (Å²) in [5, 5.41) is 10.6. The number of nitrogens with one attached hydrogen (secondary N) is 2. The number of rotatable bonds is 6. The fourth-order valence-corrected chi connectivity index (χ4v) is 3.76. The number of carbonyl (C=O) groups excluding carboxylic acids is 1. The molecular formula is C20H25FN4OS. The standard InChI is InChI=1S/C20H25FN4OS/c21-16-11-8-15(9-12-16)10-13-18-23-20(25-24-18)27-14-19(26)22-17-6-4-2-1-3-5-7-17/h8-13,17H,1-7,14H2,(H,22,26)(H,23,24,25)/b13-10+. The zero-order valence-corrected chi connectivity index (χ0v) is 16.1. The maximum atomic E-state index is 12.9. The summed E-state index contributed by atoms with van der Waals surface area (Å²) >= 11 is 1.32. The van der Waals surface area contributed by atoms with Crippen molar-refractivity contribution < 1.29 is 9.18 Å². The minimum absolute atomic E-state index is 0.0405. The number of carbonyl (C=O) groups is 1. The monoisotopic (exact) mass is 388 g/mol. The van der Waals surface area contributed by atoms with E-state index in [1.165, 1.54) is 56.0 Å². The van der Waals surface area contributed by atoms with Gasteiger partial charge in [-0.05, 0) is 36.6 Å². The maximum Gasteiger partial charge on any atom is 0.230 e. The first-order valence-corrected chi connectivity index (χ1v) is 10.5. The van der Waals surface area contributed by atoms with E-state index < -0.39 is 0 Å². The lowest BCUT2D eigenvalue weighted by Gasteiger charge is -2.20. The van der Waals surface area contributed by atoms with Gasteiger partial charge < -0.3 is 5.32 Å². The average Bonchev–Trinajstić information content (AvgIpc) is 3.10. The number of thioether (sulfide) groups is 1. The first-order chi connectivity index (χ1) is 13.2. The molecular weight excluding hydrogens is 363 g/mol.